The van der Waals surface area contributed by atoms with Gasteiger partial charge in [0.05, 0.1) is 14.2 Å². The van der Waals surface area contributed by atoms with E-state index < -0.39 is 43.3 Å². The molecule has 0 aromatic heterocycles. The molecule has 0 amide bonds. The molecule has 0 saturated carbocycles. The number of hydrogen-bond donors (Lipinski definition) is 0. The van der Waals surface area contributed by atoms with Crippen LogP contribution in [0.2, 0.25) is 0 Å². The van der Waals surface area contributed by atoms with Crippen LogP contribution in [0.5, 0.6) is 11.5 Å². The number of sulfone groups is 1. The molecule has 0 heterocycles. The van der Waals surface area contributed by atoms with Gasteiger partial charge in [0.1, 0.15) is 33.6 Å². The zero-order valence-corrected chi connectivity index (χ0v) is 26.2. The summed E-state index contributed by atoms with van der Waals surface area (Å²) < 4.78 is 102. The number of allylic oxidation sites excluding steroid dienone is 6. The van der Waals surface area contributed by atoms with Gasteiger partial charge in [-0.15, -0.1) is 0 Å². The maximum Gasteiger partial charge on any atom is 0.174 e. The summed E-state index contributed by atoms with van der Waals surface area (Å²) in [5.41, 5.74) is -3.09. The SMILES string of the molecule is COc1ccc(F)cc1-c1ccc(C2(F)C=CC=CC2S(=O)(=O)C2C=CC=CC2(F)c2ccc(-c3cc(F)ccc3OC)cc2)cc1. The van der Waals surface area contributed by atoms with Crippen LogP contribution in [0.25, 0.3) is 22.3 Å². The fourth-order valence-corrected chi connectivity index (χ4v) is 8.51. The molecular formula is C38H30F4O4S. The van der Waals surface area contributed by atoms with Gasteiger partial charge in [-0.25, -0.2) is 26.0 Å². The average Bonchev–Trinajstić information content (AvgIpc) is 3.08. The van der Waals surface area contributed by atoms with Crippen molar-refractivity contribution in [2.45, 2.75) is 21.8 Å². The quantitative estimate of drug-likeness (QED) is 0.178. The van der Waals surface area contributed by atoms with E-state index in [0.717, 1.165) is 12.2 Å². The van der Waals surface area contributed by atoms with E-state index in [-0.39, 0.29) is 11.1 Å². The van der Waals surface area contributed by atoms with Crippen LogP contribution in [0.15, 0.2) is 134 Å². The van der Waals surface area contributed by atoms with Gasteiger partial charge in [0, 0.05) is 11.1 Å². The Morgan fingerprint density at radius 1 is 0.574 bits per heavy atom. The lowest BCUT2D eigenvalue weighted by Crippen LogP contribution is -2.49. The van der Waals surface area contributed by atoms with Crippen molar-refractivity contribution in [3.8, 4) is 33.8 Å². The van der Waals surface area contributed by atoms with Gasteiger partial charge < -0.3 is 9.47 Å². The van der Waals surface area contributed by atoms with E-state index in [1.54, 1.807) is 24.3 Å². The minimum atomic E-state index is -4.62. The second-order valence-electron chi connectivity index (χ2n) is 11.3. The highest BCUT2D eigenvalue weighted by atomic mass is 32.2. The van der Waals surface area contributed by atoms with Crippen molar-refractivity contribution in [2.24, 2.45) is 0 Å². The Bertz CT molecular complexity index is 1890. The number of ether oxygens (including phenoxy) is 2. The summed E-state index contributed by atoms with van der Waals surface area (Å²) in [5, 5.41) is -3.55. The molecule has 4 aromatic carbocycles. The first-order chi connectivity index (χ1) is 22.5. The highest BCUT2D eigenvalue weighted by molar-refractivity contribution is 7.93. The van der Waals surface area contributed by atoms with Crippen molar-refractivity contribution >= 4 is 9.84 Å². The largest absolute Gasteiger partial charge is 0.496 e. The predicted octanol–water partition coefficient (Wildman–Crippen LogP) is 8.75. The van der Waals surface area contributed by atoms with E-state index in [1.807, 2.05) is 0 Å². The molecule has 2 aliphatic carbocycles. The maximum absolute atomic E-state index is 17.2. The second-order valence-corrected chi connectivity index (χ2v) is 13.5. The smallest absolute Gasteiger partial charge is 0.174 e. The zero-order chi connectivity index (χ0) is 33.4. The molecule has 0 spiro atoms. The van der Waals surface area contributed by atoms with E-state index in [4.69, 9.17) is 9.47 Å². The first-order valence-corrected chi connectivity index (χ1v) is 16.3. The van der Waals surface area contributed by atoms with Gasteiger partial charge in [-0.05, 0) is 70.8 Å². The van der Waals surface area contributed by atoms with E-state index >= 15 is 8.78 Å². The van der Waals surface area contributed by atoms with Gasteiger partial charge in [0.2, 0.25) is 0 Å². The maximum atomic E-state index is 17.2. The molecule has 0 radical (unpaired) electrons. The summed E-state index contributed by atoms with van der Waals surface area (Å²) in [6, 6.07) is 20.0. The summed E-state index contributed by atoms with van der Waals surface area (Å²) in [5.74, 6) is -0.138. The van der Waals surface area contributed by atoms with Gasteiger partial charge in [0.25, 0.3) is 0 Å². The molecular weight excluding hydrogens is 628 g/mol. The average molecular weight is 659 g/mol. The third-order valence-electron chi connectivity index (χ3n) is 8.61. The van der Waals surface area contributed by atoms with Crippen LogP contribution in [0.4, 0.5) is 17.6 Å². The van der Waals surface area contributed by atoms with Gasteiger partial charge in [0.15, 0.2) is 21.2 Å². The van der Waals surface area contributed by atoms with Crippen molar-refractivity contribution in [3.05, 3.63) is 156 Å². The van der Waals surface area contributed by atoms with Crippen molar-refractivity contribution < 1.29 is 35.5 Å². The summed E-state index contributed by atoms with van der Waals surface area (Å²) in [7, 11) is -1.72. The molecule has 4 nitrogen and oxygen atoms in total. The third-order valence-corrected chi connectivity index (χ3v) is 11.0. The van der Waals surface area contributed by atoms with E-state index in [9.17, 15) is 17.2 Å². The molecule has 2 aliphatic rings. The molecule has 9 heteroatoms. The predicted molar refractivity (Wildman–Crippen MR) is 175 cm³/mol. The fraction of sp³-hybridized carbons (Fsp3) is 0.158. The van der Waals surface area contributed by atoms with Crippen LogP contribution in [-0.2, 0) is 21.2 Å². The Hall–Kier alpha value is -4.89. The van der Waals surface area contributed by atoms with Crippen LogP contribution in [-0.4, -0.2) is 33.1 Å². The van der Waals surface area contributed by atoms with Gasteiger partial charge in [-0.2, -0.15) is 0 Å². The number of methoxy groups -OCH3 is 2. The van der Waals surface area contributed by atoms with Gasteiger partial charge in [-0.3, -0.25) is 0 Å². The highest BCUT2D eigenvalue weighted by Gasteiger charge is 2.54. The molecule has 6 rings (SSSR count). The summed E-state index contributed by atoms with van der Waals surface area (Å²) in [6.07, 6.45) is 10.4. The Kier molecular flexibility index (Phi) is 8.44. The third kappa shape index (κ3) is 5.69. The molecule has 47 heavy (non-hydrogen) atoms. The van der Waals surface area contributed by atoms with Crippen molar-refractivity contribution in [2.75, 3.05) is 14.2 Å². The first kappa shape index (κ1) is 32.1. The normalized spacial score (nSPS) is 23.5. The van der Waals surface area contributed by atoms with Crippen LogP contribution in [0, 0.1) is 11.6 Å². The molecule has 4 atom stereocenters. The molecule has 0 bridgehead atoms. The Morgan fingerprint density at radius 3 is 1.32 bits per heavy atom. The Labute approximate surface area is 270 Å². The van der Waals surface area contributed by atoms with E-state index in [1.165, 1.54) is 111 Å². The molecule has 240 valence electrons. The molecule has 4 aromatic rings. The lowest BCUT2D eigenvalue weighted by Gasteiger charge is -2.38. The summed E-state index contributed by atoms with van der Waals surface area (Å²) in [4.78, 5) is 0. The monoisotopic (exact) mass is 658 g/mol. The minimum absolute atomic E-state index is 0.0268. The molecule has 0 N–H and O–H groups in total. The first-order valence-electron chi connectivity index (χ1n) is 14.7. The summed E-state index contributed by atoms with van der Waals surface area (Å²) in [6.45, 7) is 0. The topological polar surface area (TPSA) is 52.6 Å². The van der Waals surface area contributed by atoms with E-state index in [2.05, 4.69) is 0 Å². The number of benzene rings is 4. The van der Waals surface area contributed by atoms with Crippen molar-refractivity contribution in [3.63, 3.8) is 0 Å². The summed E-state index contributed by atoms with van der Waals surface area (Å²) >= 11 is 0. The van der Waals surface area contributed by atoms with Crippen LogP contribution in [0.3, 0.4) is 0 Å². The standard InChI is InChI=1S/C38H30F4O4S/c1-45-33-19-17-29(39)23-31(33)25-9-13-27(14-10-25)37(41)21-5-3-7-35(37)47(43,44)36-8-4-6-22-38(36,42)28-15-11-26(12-16-28)32-24-30(40)18-20-34(32)46-2/h3-24,35-36H,1-2H3. The molecule has 0 saturated heterocycles. The fourth-order valence-electron chi connectivity index (χ4n) is 6.19. The number of halogens is 4. The lowest BCUT2D eigenvalue weighted by molar-refractivity contribution is 0.222. The lowest BCUT2D eigenvalue weighted by atomic mass is 9.87. The molecule has 0 aliphatic heterocycles. The van der Waals surface area contributed by atoms with Crippen LogP contribution >= 0.6 is 0 Å². The Balaban J connectivity index is 1.35. The number of rotatable bonds is 8. The number of alkyl halides is 2. The van der Waals surface area contributed by atoms with Crippen LogP contribution < -0.4 is 9.47 Å². The Morgan fingerprint density at radius 2 is 0.957 bits per heavy atom. The number of hydrogen-bond acceptors (Lipinski definition) is 4. The molecule has 4 unspecified atom stereocenters. The van der Waals surface area contributed by atoms with Crippen molar-refractivity contribution in [1.82, 2.24) is 0 Å². The van der Waals surface area contributed by atoms with Gasteiger partial charge in [-0.1, -0.05) is 85.0 Å². The van der Waals surface area contributed by atoms with Gasteiger partial charge >= 0.3 is 0 Å². The highest BCUT2D eigenvalue weighted by Crippen LogP contribution is 2.46. The minimum Gasteiger partial charge on any atom is -0.496 e. The zero-order valence-electron chi connectivity index (χ0n) is 25.4. The second kappa shape index (κ2) is 12.4. The van der Waals surface area contributed by atoms with Crippen LogP contribution in [0.1, 0.15) is 11.1 Å². The van der Waals surface area contributed by atoms with E-state index in [0.29, 0.717) is 33.8 Å². The van der Waals surface area contributed by atoms with Crippen molar-refractivity contribution in [1.29, 1.82) is 0 Å². The molecule has 0 fully saturated rings.